The van der Waals surface area contributed by atoms with Gasteiger partial charge in [-0.3, -0.25) is 4.90 Å². The van der Waals surface area contributed by atoms with Gasteiger partial charge in [-0.05, 0) is 36.9 Å². The van der Waals surface area contributed by atoms with Crippen molar-refractivity contribution in [1.29, 1.82) is 0 Å². The van der Waals surface area contributed by atoms with Crippen LogP contribution in [0.5, 0.6) is 0 Å². The molecule has 2 nitrogen and oxygen atoms in total. The van der Waals surface area contributed by atoms with Crippen molar-refractivity contribution in [2.75, 3.05) is 13.6 Å². The third-order valence-corrected chi connectivity index (χ3v) is 3.85. The van der Waals surface area contributed by atoms with Crippen molar-refractivity contribution in [3.05, 3.63) is 35.4 Å². The van der Waals surface area contributed by atoms with E-state index in [1.54, 1.807) is 0 Å². The average Bonchev–Trinajstić information content (AvgIpc) is 2.42. The maximum absolute atomic E-state index is 3.20. The van der Waals surface area contributed by atoms with Crippen LogP contribution in [0, 0.1) is 5.92 Å². The summed E-state index contributed by atoms with van der Waals surface area (Å²) in [5.41, 5.74) is 2.78. The van der Waals surface area contributed by atoms with Crippen LogP contribution in [-0.4, -0.2) is 24.5 Å². The Morgan fingerprint density at radius 2 is 1.55 bits per heavy atom. The Bertz CT molecular complexity index is 352. The molecule has 0 amide bonds. The zero-order valence-electron chi connectivity index (χ0n) is 13.9. The zero-order chi connectivity index (χ0) is 15.0. The van der Waals surface area contributed by atoms with E-state index in [4.69, 9.17) is 0 Å². The van der Waals surface area contributed by atoms with Gasteiger partial charge >= 0.3 is 0 Å². The molecule has 1 aromatic carbocycles. The first kappa shape index (κ1) is 17.2. The van der Waals surface area contributed by atoms with E-state index in [9.17, 15) is 0 Å². The molecule has 20 heavy (non-hydrogen) atoms. The van der Waals surface area contributed by atoms with Crippen LogP contribution in [0.25, 0.3) is 0 Å². The fourth-order valence-electron chi connectivity index (χ4n) is 2.82. The van der Waals surface area contributed by atoms with Crippen LogP contribution in [0.4, 0.5) is 0 Å². The number of hydrogen-bond acceptors (Lipinski definition) is 2. The molecule has 114 valence electrons. The molecular formula is C18H32N2. The molecule has 1 N–H and O–H groups in total. The van der Waals surface area contributed by atoms with Gasteiger partial charge in [0.2, 0.25) is 0 Å². The largest absolute Gasteiger partial charge is 0.316 e. The fourth-order valence-corrected chi connectivity index (χ4v) is 2.82. The van der Waals surface area contributed by atoms with E-state index >= 15 is 0 Å². The molecule has 0 spiro atoms. The SMILES string of the molecule is CCC(CC)N(Cc1ccc(CNC)cc1)CC(C)C. The van der Waals surface area contributed by atoms with Crippen LogP contribution in [0.1, 0.15) is 51.7 Å². The van der Waals surface area contributed by atoms with Gasteiger partial charge in [0.25, 0.3) is 0 Å². The molecular weight excluding hydrogens is 244 g/mol. The van der Waals surface area contributed by atoms with Crippen molar-refractivity contribution < 1.29 is 0 Å². The quantitative estimate of drug-likeness (QED) is 0.732. The lowest BCUT2D eigenvalue weighted by molar-refractivity contribution is 0.157. The normalized spacial score (nSPS) is 11.8. The third kappa shape index (κ3) is 5.64. The van der Waals surface area contributed by atoms with Gasteiger partial charge in [0.1, 0.15) is 0 Å². The van der Waals surface area contributed by atoms with Gasteiger partial charge in [-0.2, -0.15) is 0 Å². The summed E-state index contributed by atoms with van der Waals surface area (Å²) >= 11 is 0. The number of benzene rings is 1. The van der Waals surface area contributed by atoms with Crippen LogP contribution in [0.3, 0.4) is 0 Å². The van der Waals surface area contributed by atoms with E-state index < -0.39 is 0 Å². The molecule has 2 heteroatoms. The highest BCUT2D eigenvalue weighted by atomic mass is 15.2. The van der Waals surface area contributed by atoms with Gasteiger partial charge in [-0.25, -0.2) is 0 Å². The summed E-state index contributed by atoms with van der Waals surface area (Å²) in [7, 11) is 1.99. The summed E-state index contributed by atoms with van der Waals surface area (Å²) in [6, 6.07) is 9.75. The molecule has 0 fully saturated rings. The van der Waals surface area contributed by atoms with Crippen LogP contribution in [0.15, 0.2) is 24.3 Å². The molecule has 1 rings (SSSR count). The van der Waals surface area contributed by atoms with Crippen molar-refractivity contribution in [2.45, 2.75) is 59.7 Å². The topological polar surface area (TPSA) is 15.3 Å². The molecule has 0 heterocycles. The minimum Gasteiger partial charge on any atom is -0.316 e. The molecule has 0 aliphatic carbocycles. The first-order valence-electron chi connectivity index (χ1n) is 8.07. The number of nitrogens with one attached hydrogen (secondary N) is 1. The molecule has 0 radical (unpaired) electrons. The van der Waals surface area contributed by atoms with Crippen molar-refractivity contribution in [3.8, 4) is 0 Å². The van der Waals surface area contributed by atoms with Crippen LogP contribution in [-0.2, 0) is 13.1 Å². The highest BCUT2D eigenvalue weighted by Crippen LogP contribution is 2.16. The Balaban J connectivity index is 2.72. The Labute approximate surface area is 125 Å². The lowest BCUT2D eigenvalue weighted by Crippen LogP contribution is -2.36. The maximum Gasteiger partial charge on any atom is 0.0236 e. The molecule has 0 aromatic heterocycles. The standard InChI is InChI=1S/C18H32N2/c1-6-18(7-2)20(13-15(3)4)14-17-10-8-16(9-11-17)12-19-5/h8-11,15,18-19H,6-7,12-14H2,1-5H3. The third-order valence-electron chi connectivity index (χ3n) is 3.85. The van der Waals surface area contributed by atoms with Crippen molar-refractivity contribution >= 4 is 0 Å². The second-order valence-electron chi connectivity index (χ2n) is 6.14. The Morgan fingerprint density at radius 3 is 2.00 bits per heavy atom. The van der Waals surface area contributed by atoms with Crippen molar-refractivity contribution in [1.82, 2.24) is 10.2 Å². The minimum atomic E-state index is 0.703. The highest BCUT2D eigenvalue weighted by Gasteiger charge is 2.16. The first-order valence-corrected chi connectivity index (χ1v) is 8.07. The van der Waals surface area contributed by atoms with Crippen molar-refractivity contribution in [3.63, 3.8) is 0 Å². The number of rotatable bonds is 9. The minimum absolute atomic E-state index is 0.703. The Kier molecular flexibility index (Phi) is 7.86. The molecule has 1 aromatic rings. The van der Waals surface area contributed by atoms with Gasteiger partial charge in [0, 0.05) is 25.7 Å². The molecule has 0 aliphatic heterocycles. The predicted octanol–water partition coefficient (Wildman–Crippen LogP) is 4.05. The highest BCUT2D eigenvalue weighted by molar-refractivity contribution is 5.22. The smallest absolute Gasteiger partial charge is 0.0236 e. The lowest BCUT2D eigenvalue weighted by Gasteiger charge is -2.32. The second kappa shape index (κ2) is 9.15. The maximum atomic E-state index is 3.20. The Hall–Kier alpha value is -0.860. The summed E-state index contributed by atoms with van der Waals surface area (Å²) in [6.07, 6.45) is 2.47. The van der Waals surface area contributed by atoms with E-state index in [0.29, 0.717) is 6.04 Å². The summed E-state index contributed by atoms with van der Waals surface area (Å²) < 4.78 is 0. The van der Waals surface area contributed by atoms with Gasteiger partial charge < -0.3 is 5.32 Å². The Morgan fingerprint density at radius 1 is 1.00 bits per heavy atom. The van der Waals surface area contributed by atoms with Crippen LogP contribution in [0.2, 0.25) is 0 Å². The lowest BCUT2D eigenvalue weighted by atomic mass is 10.1. The fraction of sp³-hybridized carbons (Fsp3) is 0.667. The second-order valence-corrected chi connectivity index (χ2v) is 6.14. The van der Waals surface area contributed by atoms with E-state index in [0.717, 1.165) is 19.0 Å². The molecule has 0 bridgehead atoms. The van der Waals surface area contributed by atoms with E-state index in [1.807, 2.05) is 7.05 Å². The van der Waals surface area contributed by atoms with Crippen molar-refractivity contribution in [2.24, 2.45) is 5.92 Å². The molecule has 0 unspecified atom stereocenters. The molecule has 0 aliphatic rings. The van der Waals surface area contributed by atoms with Gasteiger partial charge in [0.05, 0.1) is 0 Å². The number of hydrogen-bond donors (Lipinski definition) is 1. The van der Waals surface area contributed by atoms with Gasteiger partial charge in [-0.1, -0.05) is 52.0 Å². The monoisotopic (exact) mass is 276 g/mol. The van der Waals surface area contributed by atoms with Gasteiger partial charge in [0.15, 0.2) is 0 Å². The first-order chi connectivity index (χ1) is 9.60. The van der Waals surface area contributed by atoms with Gasteiger partial charge in [-0.15, -0.1) is 0 Å². The van der Waals surface area contributed by atoms with E-state index in [2.05, 4.69) is 62.2 Å². The molecule has 0 saturated carbocycles. The summed E-state index contributed by atoms with van der Waals surface area (Å²) in [5.74, 6) is 0.721. The summed E-state index contributed by atoms with van der Waals surface area (Å²) in [4.78, 5) is 2.65. The predicted molar refractivity (Wildman–Crippen MR) is 88.8 cm³/mol. The summed E-state index contributed by atoms with van der Waals surface area (Å²) in [5, 5.41) is 3.20. The average molecular weight is 276 g/mol. The number of nitrogens with zero attached hydrogens (tertiary/aromatic N) is 1. The molecule has 0 saturated heterocycles. The van der Waals surface area contributed by atoms with E-state index in [1.165, 1.54) is 30.5 Å². The van der Waals surface area contributed by atoms with Crippen LogP contribution >= 0.6 is 0 Å². The molecule has 0 atom stereocenters. The van der Waals surface area contributed by atoms with Crippen LogP contribution < -0.4 is 5.32 Å². The summed E-state index contributed by atoms with van der Waals surface area (Å²) in [6.45, 7) is 12.4. The zero-order valence-corrected chi connectivity index (χ0v) is 13.9. The van der Waals surface area contributed by atoms with E-state index in [-0.39, 0.29) is 0 Å².